The predicted octanol–water partition coefficient (Wildman–Crippen LogP) is 2.23. The van der Waals surface area contributed by atoms with Gasteiger partial charge in [-0.3, -0.25) is 4.79 Å². The second kappa shape index (κ2) is 8.26. The van der Waals surface area contributed by atoms with E-state index in [-0.39, 0.29) is 5.91 Å². The Kier molecular flexibility index (Phi) is 5.38. The summed E-state index contributed by atoms with van der Waals surface area (Å²) in [5.41, 5.74) is 0.923. The SMILES string of the molecule is Cc1nnc2sc(CCC(=O)NCCCc3nc(-c4ccccc4)no3)nn12. The van der Waals surface area contributed by atoms with E-state index >= 15 is 0 Å². The lowest BCUT2D eigenvalue weighted by Gasteiger charge is -2.02. The lowest BCUT2D eigenvalue weighted by Crippen LogP contribution is -2.25. The number of aromatic nitrogens is 6. The second-order valence-corrected chi connectivity index (χ2v) is 7.31. The summed E-state index contributed by atoms with van der Waals surface area (Å²) in [4.78, 5) is 17.2. The second-order valence-electron chi connectivity index (χ2n) is 6.27. The maximum atomic E-state index is 12.0. The van der Waals surface area contributed by atoms with Crippen LogP contribution in [0.4, 0.5) is 0 Å². The number of nitrogens with one attached hydrogen (secondary N) is 1. The maximum absolute atomic E-state index is 12.0. The molecule has 0 saturated carbocycles. The molecule has 0 unspecified atom stereocenters. The Morgan fingerprint density at radius 1 is 1.21 bits per heavy atom. The van der Waals surface area contributed by atoms with Gasteiger partial charge in [0.25, 0.3) is 0 Å². The summed E-state index contributed by atoms with van der Waals surface area (Å²) in [7, 11) is 0. The molecule has 3 heterocycles. The lowest BCUT2D eigenvalue weighted by molar-refractivity contribution is -0.121. The Morgan fingerprint density at radius 2 is 2.07 bits per heavy atom. The summed E-state index contributed by atoms with van der Waals surface area (Å²) in [6.45, 7) is 2.41. The van der Waals surface area contributed by atoms with E-state index < -0.39 is 0 Å². The zero-order valence-corrected chi connectivity index (χ0v) is 16.1. The van der Waals surface area contributed by atoms with Crippen LogP contribution in [0.15, 0.2) is 34.9 Å². The zero-order valence-electron chi connectivity index (χ0n) is 15.3. The van der Waals surface area contributed by atoms with Gasteiger partial charge < -0.3 is 9.84 Å². The number of carbonyl (C=O) groups excluding carboxylic acids is 1. The fourth-order valence-electron chi connectivity index (χ4n) is 2.69. The van der Waals surface area contributed by atoms with E-state index in [1.807, 2.05) is 37.3 Å². The van der Waals surface area contributed by atoms with Gasteiger partial charge in [0.15, 0.2) is 5.82 Å². The number of hydrogen-bond donors (Lipinski definition) is 1. The third-order valence-corrected chi connectivity index (χ3v) is 5.10. The molecule has 0 aliphatic rings. The largest absolute Gasteiger partial charge is 0.356 e. The summed E-state index contributed by atoms with van der Waals surface area (Å²) >= 11 is 1.46. The Labute approximate surface area is 164 Å². The van der Waals surface area contributed by atoms with Gasteiger partial charge in [-0.05, 0) is 13.3 Å². The average molecular weight is 397 g/mol. The van der Waals surface area contributed by atoms with Crippen LogP contribution in [-0.2, 0) is 17.6 Å². The summed E-state index contributed by atoms with van der Waals surface area (Å²) in [5, 5.41) is 20.2. The van der Waals surface area contributed by atoms with Crippen LogP contribution in [0.5, 0.6) is 0 Å². The normalized spacial score (nSPS) is 11.2. The standard InChI is InChI=1S/C18H19N7O2S/c1-12-21-22-18-25(12)23-16(28-18)10-9-14(26)19-11-5-8-15-20-17(24-27-15)13-6-3-2-4-7-13/h2-4,6-7H,5,8-11H2,1H3,(H,19,26). The lowest BCUT2D eigenvalue weighted by atomic mass is 10.2. The number of hydrogen-bond acceptors (Lipinski definition) is 8. The molecule has 0 spiro atoms. The van der Waals surface area contributed by atoms with Crippen molar-refractivity contribution in [2.45, 2.75) is 32.6 Å². The highest BCUT2D eigenvalue weighted by atomic mass is 32.1. The van der Waals surface area contributed by atoms with E-state index in [1.54, 1.807) is 4.52 Å². The topological polar surface area (TPSA) is 111 Å². The molecule has 0 atom stereocenters. The van der Waals surface area contributed by atoms with E-state index in [0.29, 0.717) is 37.5 Å². The molecule has 1 N–H and O–H groups in total. The third-order valence-electron chi connectivity index (χ3n) is 4.14. The molecule has 9 nitrogen and oxygen atoms in total. The third kappa shape index (κ3) is 4.22. The molecule has 1 aromatic carbocycles. The number of fused-ring (bicyclic) bond motifs is 1. The first-order chi connectivity index (χ1) is 13.7. The summed E-state index contributed by atoms with van der Waals surface area (Å²) in [6, 6.07) is 9.68. The van der Waals surface area contributed by atoms with Crippen molar-refractivity contribution in [2.75, 3.05) is 6.54 Å². The fourth-order valence-corrected chi connectivity index (χ4v) is 3.57. The van der Waals surface area contributed by atoms with Gasteiger partial charge in [0, 0.05) is 31.4 Å². The van der Waals surface area contributed by atoms with Crippen LogP contribution < -0.4 is 5.32 Å². The number of aryl methyl sites for hydroxylation is 3. The molecule has 10 heteroatoms. The smallest absolute Gasteiger partial charge is 0.234 e. The van der Waals surface area contributed by atoms with Crippen molar-refractivity contribution in [3.8, 4) is 11.4 Å². The van der Waals surface area contributed by atoms with Crippen molar-refractivity contribution in [3.63, 3.8) is 0 Å². The molecule has 28 heavy (non-hydrogen) atoms. The molecule has 0 aliphatic carbocycles. The Balaban J connectivity index is 1.18. The van der Waals surface area contributed by atoms with Gasteiger partial charge in [0.2, 0.25) is 22.6 Å². The summed E-state index contributed by atoms with van der Waals surface area (Å²) in [6.07, 6.45) is 2.33. The molecule has 4 aromatic rings. The molecular formula is C18H19N7O2S. The van der Waals surface area contributed by atoms with Gasteiger partial charge >= 0.3 is 0 Å². The number of amides is 1. The maximum Gasteiger partial charge on any atom is 0.234 e. The van der Waals surface area contributed by atoms with E-state index in [0.717, 1.165) is 27.8 Å². The van der Waals surface area contributed by atoms with E-state index in [2.05, 4.69) is 30.8 Å². The molecule has 1 amide bonds. The Hall–Kier alpha value is -3.14. The fraction of sp³-hybridized carbons (Fsp3) is 0.333. The highest BCUT2D eigenvalue weighted by Crippen LogP contribution is 2.16. The number of nitrogens with zero attached hydrogens (tertiary/aromatic N) is 6. The van der Waals surface area contributed by atoms with Crippen LogP contribution in [0.2, 0.25) is 0 Å². The Morgan fingerprint density at radius 3 is 2.89 bits per heavy atom. The summed E-state index contributed by atoms with van der Waals surface area (Å²) in [5.74, 6) is 1.90. The van der Waals surface area contributed by atoms with Crippen molar-refractivity contribution in [3.05, 3.63) is 47.1 Å². The van der Waals surface area contributed by atoms with Crippen LogP contribution in [0.1, 0.15) is 29.6 Å². The molecule has 144 valence electrons. The molecule has 3 aromatic heterocycles. The van der Waals surface area contributed by atoms with Crippen molar-refractivity contribution in [1.82, 2.24) is 35.3 Å². The number of rotatable bonds is 8. The molecule has 0 bridgehead atoms. The van der Waals surface area contributed by atoms with Gasteiger partial charge in [-0.1, -0.05) is 46.8 Å². The minimum atomic E-state index is -0.00168. The van der Waals surface area contributed by atoms with Crippen LogP contribution >= 0.6 is 11.3 Å². The van der Waals surface area contributed by atoms with Gasteiger partial charge in [-0.25, -0.2) is 0 Å². The molecule has 4 rings (SSSR count). The van der Waals surface area contributed by atoms with Crippen LogP contribution in [0, 0.1) is 6.92 Å². The monoisotopic (exact) mass is 397 g/mol. The van der Waals surface area contributed by atoms with E-state index in [1.165, 1.54) is 11.3 Å². The molecular weight excluding hydrogens is 378 g/mol. The van der Waals surface area contributed by atoms with E-state index in [4.69, 9.17) is 4.52 Å². The first-order valence-corrected chi connectivity index (χ1v) is 9.83. The quantitative estimate of drug-likeness (QED) is 0.454. The predicted molar refractivity (Wildman–Crippen MR) is 103 cm³/mol. The average Bonchev–Trinajstić information content (AvgIpc) is 3.42. The number of benzene rings is 1. The van der Waals surface area contributed by atoms with Gasteiger partial charge in [0.1, 0.15) is 5.01 Å². The van der Waals surface area contributed by atoms with Gasteiger partial charge in [0.05, 0.1) is 0 Å². The Bertz CT molecular complexity index is 1070. The van der Waals surface area contributed by atoms with Gasteiger partial charge in [-0.2, -0.15) is 14.6 Å². The first-order valence-electron chi connectivity index (χ1n) is 9.01. The first kappa shape index (κ1) is 18.2. The highest BCUT2D eigenvalue weighted by molar-refractivity contribution is 7.16. The minimum absolute atomic E-state index is 0.00168. The molecule has 0 fully saturated rings. The van der Waals surface area contributed by atoms with Crippen LogP contribution in [-0.4, -0.2) is 42.4 Å². The van der Waals surface area contributed by atoms with Crippen LogP contribution in [0.3, 0.4) is 0 Å². The highest BCUT2D eigenvalue weighted by Gasteiger charge is 2.11. The van der Waals surface area contributed by atoms with Crippen LogP contribution in [0.25, 0.3) is 16.3 Å². The van der Waals surface area contributed by atoms with Crippen molar-refractivity contribution in [2.24, 2.45) is 0 Å². The van der Waals surface area contributed by atoms with Crippen molar-refractivity contribution >= 4 is 22.2 Å². The molecule has 0 saturated heterocycles. The van der Waals surface area contributed by atoms with E-state index in [9.17, 15) is 4.79 Å². The van der Waals surface area contributed by atoms with Crippen molar-refractivity contribution in [1.29, 1.82) is 0 Å². The van der Waals surface area contributed by atoms with Gasteiger partial charge in [-0.15, -0.1) is 10.2 Å². The minimum Gasteiger partial charge on any atom is -0.356 e. The molecule has 0 radical (unpaired) electrons. The number of carbonyl (C=O) groups is 1. The molecule has 0 aliphatic heterocycles. The summed E-state index contributed by atoms with van der Waals surface area (Å²) < 4.78 is 6.97. The zero-order chi connectivity index (χ0) is 19.3. The van der Waals surface area contributed by atoms with Crippen molar-refractivity contribution < 1.29 is 9.32 Å².